The second-order valence-corrected chi connectivity index (χ2v) is 3.97. The zero-order chi connectivity index (χ0) is 13.7. The van der Waals surface area contributed by atoms with Crippen molar-refractivity contribution in [2.45, 2.75) is 20.0 Å². The fraction of sp³-hybridized carbons (Fsp3) is 0.462. The van der Waals surface area contributed by atoms with Crippen LogP contribution in [0.3, 0.4) is 0 Å². The van der Waals surface area contributed by atoms with Crippen molar-refractivity contribution >= 4 is 5.78 Å². The first-order valence-corrected chi connectivity index (χ1v) is 5.70. The van der Waals surface area contributed by atoms with Crippen LogP contribution in [0.4, 0.5) is 0 Å². The predicted octanol–water partition coefficient (Wildman–Crippen LogP) is 1.63. The molecule has 1 aromatic carbocycles. The van der Waals surface area contributed by atoms with Gasteiger partial charge in [0.25, 0.3) is 0 Å². The second-order valence-electron chi connectivity index (χ2n) is 3.97. The van der Waals surface area contributed by atoms with Crippen molar-refractivity contribution in [1.82, 2.24) is 0 Å². The summed E-state index contributed by atoms with van der Waals surface area (Å²) in [7, 11) is 3.03. The third kappa shape index (κ3) is 2.92. The Morgan fingerprint density at radius 1 is 1.22 bits per heavy atom. The van der Waals surface area contributed by atoms with Crippen LogP contribution in [0.2, 0.25) is 0 Å². The molecule has 0 amide bonds. The average molecular weight is 253 g/mol. The maximum atomic E-state index is 11.8. The van der Waals surface area contributed by atoms with Crippen molar-refractivity contribution in [3.63, 3.8) is 0 Å². The van der Waals surface area contributed by atoms with Gasteiger partial charge in [-0.15, -0.1) is 0 Å². The van der Waals surface area contributed by atoms with E-state index in [1.54, 1.807) is 12.1 Å². The quantitative estimate of drug-likeness (QED) is 0.780. The van der Waals surface area contributed by atoms with E-state index in [0.29, 0.717) is 22.8 Å². The van der Waals surface area contributed by atoms with Crippen molar-refractivity contribution < 1.29 is 19.0 Å². The highest BCUT2D eigenvalue weighted by molar-refractivity contribution is 6.01. The second kappa shape index (κ2) is 6.26. The summed E-state index contributed by atoms with van der Waals surface area (Å²) in [5, 5.41) is 0. The molecule has 0 heterocycles. The van der Waals surface area contributed by atoms with Crippen LogP contribution < -0.4 is 19.9 Å². The molecule has 100 valence electrons. The molecule has 0 bridgehead atoms. The Morgan fingerprint density at radius 2 is 1.89 bits per heavy atom. The first-order valence-electron chi connectivity index (χ1n) is 5.70. The number of benzene rings is 1. The normalized spacial score (nSPS) is 10.3. The zero-order valence-corrected chi connectivity index (χ0v) is 11.1. The van der Waals surface area contributed by atoms with E-state index in [4.69, 9.17) is 19.9 Å². The molecule has 0 radical (unpaired) electrons. The summed E-state index contributed by atoms with van der Waals surface area (Å²) in [6, 6.07) is 3.29. The minimum atomic E-state index is -0.202. The Bertz CT molecular complexity index is 429. The Hall–Kier alpha value is -1.75. The topological polar surface area (TPSA) is 70.8 Å². The fourth-order valence-electron chi connectivity index (χ4n) is 1.58. The highest BCUT2D eigenvalue weighted by Gasteiger charge is 2.21. The molecule has 5 heteroatoms. The van der Waals surface area contributed by atoms with Crippen LogP contribution in [-0.2, 0) is 0 Å². The molecular formula is C13H19NO4. The molecule has 1 rings (SSSR count). The fourth-order valence-corrected chi connectivity index (χ4v) is 1.58. The molecule has 5 nitrogen and oxygen atoms in total. The van der Waals surface area contributed by atoms with E-state index in [2.05, 4.69) is 0 Å². The SMILES string of the molecule is COc1ccc(C(=O)CN)c(OC(C)C)c1OC. The molecule has 0 aliphatic carbocycles. The first-order chi connectivity index (χ1) is 8.54. The number of rotatable bonds is 6. The predicted molar refractivity (Wildman–Crippen MR) is 68.7 cm³/mol. The van der Waals surface area contributed by atoms with Gasteiger partial charge in [0.1, 0.15) is 0 Å². The highest BCUT2D eigenvalue weighted by atomic mass is 16.5. The van der Waals surface area contributed by atoms with Gasteiger partial charge < -0.3 is 19.9 Å². The van der Waals surface area contributed by atoms with Crippen molar-refractivity contribution in [3.8, 4) is 17.2 Å². The Morgan fingerprint density at radius 3 is 2.33 bits per heavy atom. The lowest BCUT2D eigenvalue weighted by atomic mass is 10.1. The van der Waals surface area contributed by atoms with Gasteiger partial charge in [-0.3, -0.25) is 4.79 Å². The molecule has 0 fully saturated rings. The Balaban J connectivity index is 3.38. The minimum absolute atomic E-state index is 0.0794. The Labute approximate surface area is 107 Å². The summed E-state index contributed by atoms with van der Waals surface area (Å²) in [6.07, 6.45) is -0.0877. The van der Waals surface area contributed by atoms with E-state index in [1.807, 2.05) is 13.8 Å². The molecule has 0 saturated heterocycles. The number of nitrogens with two attached hydrogens (primary N) is 1. The summed E-state index contributed by atoms with van der Waals surface area (Å²) in [5.41, 5.74) is 5.80. The van der Waals surface area contributed by atoms with Crippen LogP contribution in [0.1, 0.15) is 24.2 Å². The highest BCUT2D eigenvalue weighted by Crippen LogP contribution is 2.40. The van der Waals surface area contributed by atoms with Gasteiger partial charge in [-0.2, -0.15) is 0 Å². The molecule has 0 aliphatic heterocycles. The lowest BCUT2D eigenvalue weighted by molar-refractivity contribution is 0.0994. The summed E-state index contributed by atoms with van der Waals surface area (Å²) in [6.45, 7) is 3.66. The van der Waals surface area contributed by atoms with E-state index in [1.165, 1.54) is 14.2 Å². The Kier molecular flexibility index (Phi) is 4.97. The van der Waals surface area contributed by atoms with Gasteiger partial charge in [0.2, 0.25) is 5.75 Å². The van der Waals surface area contributed by atoms with Gasteiger partial charge in [-0.25, -0.2) is 0 Å². The molecule has 0 saturated carbocycles. The number of carbonyl (C=O) groups excluding carboxylic acids is 1. The van der Waals surface area contributed by atoms with Gasteiger partial charge in [-0.05, 0) is 26.0 Å². The van der Waals surface area contributed by atoms with Gasteiger partial charge in [0.15, 0.2) is 17.3 Å². The molecule has 1 aromatic rings. The zero-order valence-electron chi connectivity index (χ0n) is 11.1. The third-order valence-corrected chi connectivity index (χ3v) is 2.34. The number of hydrogen-bond acceptors (Lipinski definition) is 5. The van der Waals surface area contributed by atoms with E-state index in [-0.39, 0.29) is 18.4 Å². The molecule has 0 atom stereocenters. The van der Waals surface area contributed by atoms with Gasteiger partial charge in [0.05, 0.1) is 32.4 Å². The molecule has 0 unspecified atom stereocenters. The van der Waals surface area contributed by atoms with Crippen LogP contribution in [0.25, 0.3) is 0 Å². The van der Waals surface area contributed by atoms with Crippen LogP contribution in [0.15, 0.2) is 12.1 Å². The largest absolute Gasteiger partial charge is 0.493 e. The van der Waals surface area contributed by atoms with Crippen LogP contribution >= 0.6 is 0 Å². The standard InChI is InChI=1S/C13H19NO4/c1-8(2)18-12-9(10(15)7-14)5-6-11(16-3)13(12)17-4/h5-6,8H,7,14H2,1-4H3. The molecular weight excluding hydrogens is 234 g/mol. The van der Waals surface area contributed by atoms with Crippen molar-refractivity contribution in [3.05, 3.63) is 17.7 Å². The average Bonchev–Trinajstić information content (AvgIpc) is 2.36. The lowest BCUT2D eigenvalue weighted by Gasteiger charge is -2.18. The number of ether oxygens (including phenoxy) is 3. The van der Waals surface area contributed by atoms with Gasteiger partial charge in [0, 0.05) is 0 Å². The van der Waals surface area contributed by atoms with Crippen molar-refractivity contribution in [2.24, 2.45) is 5.73 Å². The summed E-state index contributed by atoms with van der Waals surface area (Å²) in [5.74, 6) is 1.10. The lowest BCUT2D eigenvalue weighted by Crippen LogP contribution is -2.17. The summed E-state index contributed by atoms with van der Waals surface area (Å²) < 4.78 is 16.1. The van der Waals surface area contributed by atoms with Gasteiger partial charge >= 0.3 is 0 Å². The molecule has 0 aliphatic rings. The maximum absolute atomic E-state index is 11.8. The van der Waals surface area contributed by atoms with E-state index in [0.717, 1.165) is 0 Å². The smallest absolute Gasteiger partial charge is 0.204 e. The number of methoxy groups -OCH3 is 2. The van der Waals surface area contributed by atoms with Crippen LogP contribution in [0, 0.1) is 0 Å². The van der Waals surface area contributed by atoms with E-state index in [9.17, 15) is 4.79 Å². The molecule has 18 heavy (non-hydrogen) atoms. The van der Waals surface area contributed by atoms with Crippen LogP contribution in [0.5, 0.6) is 17.2 Å². The summed E-state index contributed by atoms with van der Waals surface area (Å²) in [4.78, 5) is 11.8. The van der Waals surface area contributed by atoms with E-state index < -0.39 is 0 Å². The number of hydrogen-bond donors (Lipinski definition) is 1. The number of Topliss-reactive ketones (excluding diaryl/α,β-unsaturated/α-hetero) is 1. The molecule has 0 aromatic heterocycles. The minimum Gasteiger partial charge on any atom is -0.493 e. The maximum Gasteiger partial charge on any atom is 0.204 e. The first kappa shape index (κ1) is 14.3. The number of carbonyl (C=O) groups is 1. The third-order valence-electron chi connectivity index (χ3n) is 2.34. The molecule has 2 N–H and O–H groups in total. The van der Waals surface area contributed by atoms with Crippen molar-refractivity contribution in [1.29, 1.82) is 0 Å². The van der Waals surface area contributed by atoms with Crippen LogP contribution in [-0.4, -0.2) is 32.7 Å². The summed E-state index contributed by atoms with van der Waals surface area (Å²) >= 11 is 0. The van der Waals surface area contributed by atoms with Gasteiger partial charge in [-0.1, -0.05) is 0 Å². The monoisotopic (exact) mass is 253 g/mol. The molecule has 0 spiro atoms. The van der Waals surface area contributed by atoms with E-state index >= 15 is 0 Å². The number of ketones is 1. The van der Waals surface area contributed by atoms with Crippen molar-refractivity contribution in [2.75, 3.05) is 20.8 Å².